The topological polar surface area (TPSA) is 41.1 Å². The average molecular weight is 380 g/mol. The van der Waals surface area contributed by atoms with Crippen LogP contribution in [-0.2, 0) is 4.79 Å². The second-order valence-corrected chi connectivity index (χ2v) is 5.98. The fourth-order valence-corrected chi connectivity index (χ4v) is 2.19. The molecule has 2 N–H and O–H groups in total. The highest BCUT2D eigenvalue weighted by Gasteiger charge is 2.12. The van der Waals surface area contributed by atoms with Gasteiger partial charge in [0.25, 0.3) is 0 Å². The van der Waals surface area contributed by atoms with Crippen LogP contribution >= 0.6 is 22.6 Å². The predicted molar refractivity (Wildman–Crippen MR) is 92.1 cm³/mol. The molecule has 0 aliphatic heterocycles. The van der Waals surface area contributed by atoms with E-state index >= 15 is 0 Å². The van der Waals surface area contributed by atoms with E-state index in [9.17, 15) is 4.79 Å². The molecule has 0 saturated carbocycles. The largest absolute Gasteiger partial charge is 0.374 e. The van der Waals surface area contributed by atoms with Gasteiger partial charge in [0, 0.05) is 14.9 Å². The Kier molecular flexibility index (Phi) is 5.00. The van der Waals surface area contributed by atoms with E-state index in [4.69, 9.17) is 0 Å². The van der Waals surface area contributed by atoms with Crippen molar-refractivity contribution in [2.45, 2.75) is 19.9 Å². The first-order valence-corrected chi connectivity index (χ1v) is 7.52. The highest BCUT2D eigenvalue weighted by Crippen LogP contribution is 2.14. The quantitative estimate of drug-likeness (QED) is 0.787. The molecule has 2 aromatic rings. The maximum atomic E-state index is 12.1. The Morgan fingerprint density at radius 3 is 2.45 bits per heavy atom. The molecule has 0 spiro atoms. The SMILES string of the molecule is Cc1cccc(NC(=O)C(C)Nc2ccc(I)cc2)c1. The fourth-order valence-electron chi connectivity index (χ4n) is 1.83. The van der Waals surface area contributed by atoms with Gasteiger partial charge in [-0.2, -0.15) is 0 Å². The van der Waals surface area contributed by atoms with Crippen LogP contribution in [0, 0.1) is 10.5 Å². The van der Waals surface area contributed by atoms with E-state index in [-0.39, 0.29) is 11.9 Å². The van der Waals surface area contributed by atoms with Crippen molar-refractivity contribution in [3.8, 4) is 0 Å². The summed E-state index contributed by atoms with van der Waals surface area (Å²) in [4.78, 5) is 12.1. The van der Waals surface area contributed by atoms with Crippen LogP contribution in [0.25, 0.3) is 0 Å². The molecule has 1 amide bonds. The molecule has 0 aliphatic rings. The van der Waals surface area contributed by atoms with E-state index in [1.54, 1.807) is 0 Å². The Hall–Kier alpha value is -1.56. The first-order valence-electron chi connectivity index (χ1n) is 6.44. The van der Waals surface area contributed by atoms with Crippen molar-refractivity contribution in [3.63, 3.8) is 0 Å². The lowest BCUT2D eigenvalue weighted by molar-refractivity contribution is -0.116. The molecule has 1 atom stereocenters. The third-order valence-electron chi connectivity index (χ3n) is 2.91. The third-order valence-corrected chi connectivity index (χ3v) is 3.63. The summed E-state index contributed by atoms with van der Waals surface area (Å²) in [7, 11) is 0. The molecule has 0 fully saturated rings. The molecule has 20 heavy (non-hydrogen) atoms. The van der Waals surface area contributed by atoms with E-state index in [1.807, 2.05) is 62.4 Å². The summed E-state index contributed by atoms with van der Waals surface area (Å²) in [6, 6.07) is 15.4. The maximum Gasteiger partial charge on any atom is 0.246 e. The molecular formula is C16H17IN2O. The minimum atomic E-state index is -0.296. The number of aryl methyl sites for hydroxylation is 1. The van der Waals surface area contributed by atoms with Gasteiger partial charge in [-0.3, -0.25) is 4.79 Å². The van der Waals surface area contributed by atoms with E-state index in [1.165, 1.54) is 3.57 Å². The van der Waals surface area contributed by atoms with Crippen LogP contribution in [0.3, 0.4) is 0 Å². The van der Waals surface area contributed by atoms with E-state index in [0.717, 1.165) is 16.9 Å². The summed E-state index contributed by atoms with van der Waals surface area (Å²) in [5.41, 5.74) is 2.89. The molecule has 0 saturated heterocycles. The second kappa shape index (κ2) is 6.74. The number of amides is 1. The van der Waals surface area contributed by atoms with E-state index in [0.29, 0.717) is 0 Å². The lowest BCUT2D eigenvalue weighted by Crippen LogP contribution is -2.31. The van der Waals surface area contributed by atoms with Crippen molar-refractivity contribution in [2.24, 2.45) is 0 Å². The molecule has 3 nitrogen and oxygen atoms in total. The van der Waals surface area contributed by atoms with Gasteiger partial charge in [0.2, 0.25) is 5.91 Å². The lowest BCUT2D eigenvalue weighted by atomic mass is 10.2. The normalized spacial score (nSPS) is 11.8. The number of rotatable bonds is 4. The van der Waals surface area contributed by atoms with Gasteiger partial charge in [0.1, 0.15) is 6.04 Å². The Morgan fingerprint density at radius 1 is 1.10 bits per heavy atom. The van der Waals surface area contributed by atoms with E-state index < -0.39 is 0 Å². The van der Waals surface area contributed by atoms with Gasteiger partial charge >= 0.3 is 0 Å². The summed E-state index contributed by atoms with van der Waals surface area (Å²) in [5.74, 6) is -0.0471. The molecule has 4 heteroatoms. The van der Waals surface area contributed by atoms with Gasteiger partial charge in [0.05, 0.1) is 0 Å². The number of halogens is 1. The third kappa shape index (κ3) is 4.23. The van der Waals surface area contributed by atoms with Crippen LogP contribution in [0.2, 0.25) is 0 Å². The Balaban J connectivity index is 1.96. The highest BCUT2D eigenvalue weighted by atomic mass is 127. The lowest BCUT2D eigenvalue weighted by Gasteiger charge is -2.15. The number of benzene rings is 2. The van der Waals surface area contributed by atoms with Crippen LogP contribution in [0.1, 0.15) is 12.5 Å². The fraction of sp³-hybridized carbons (Fsp3) is 0.188. The van der Waals surface area contributed by atoms with Crippen LogP contribution in [0.15, 0.2) is 48.5 Å². The van der Waals surface area contributed by atoms with Gasteiger partial charge in [0.15, 0.2) is 0 Å². The van der Waals surface area contributed by atoms with Crippen LogP contribution in [-0.4, -0.2) is 11.9 Å². The molecule has 104 valence electrons. The summed E-state index contributed by atoms with van der Waals surface area (Å²) < 4.78 is 1.17. The van der Waals surface area contributed by atoms with Crippen molar-refractivity contribution < 1.29 is 4.79 Å². The summed E-state index contributed by atoms with van der Waals surface area (Å²) in [6.45, 7) is 3.85. The van der Waals surface area contributed by atoms with Gasteiger partial charge in [-0.1, -0.05) is 12.1 Å². The minimum Gasteiger partial charge on any atom is -0.374 e. The van der Waals surface area contributed by atoms with Crippen molar-refractivity contribution in [2.75, 3.05) is 10.6 Å². The zero-order chi connectivity index (χ0) is 14.5. The van der Waals surface area contributed by atoms with Crippen molar-refractivity contribution in [1.29, 1.82) is 0 Å². The number of anilines is 2. The van der Waals surface area contributed by atoms with Gasteiger partial charge in [-0.25, -0.2) is 0 Å². The van der Waals surface area contributed by atoms with Crippen LogP contribution < -0.4 is 10.6 Å². The molecule has 0 aliphatic carbocycles. The predicted octanol–water partition coefficient (Wildman–Crippen LogP) is 4.04. The zero-order valence-corrected chi connectivity index (χ0v) is 13.6. The molecule has 0 heterocycles. The monoisotopic (exact) mass is 380 g/mol. The highest BCUT2D eigenvalue weighted by molar-refractivity contribution is 14.1. The Labute approximate surface area is 132 Å². The molecule has 2 rings (SSSR count). The standard InChI is InChI=1S/C16H17IN2O/c1-11-4-3-5-15(10-11)19-16(20)12(2)18-14-8-6-13(17)7-9-14/h3-10,12,18H,1-2H3,(H,19,20). The average Bonchev–Trinajstić information content (AvgIpc) is 2.41. The molecule has 2 aromatic carbocycles. The summed E-state index contributed by atoms with van der Waals surface area (Å²) in [5, 5.41) is 6.10. The molecule has 1 unspecified atom stereocenters. The number of hydrogen-bond acceptors (Lipinski definition) is 2. The smallest absolute Gasteiger partial charge is 0.246 e. The minimum absolute atomic E-state index is 0.0471. The number of hydrogen-bond donors (Lipinski definition) is 2. The van der Waals surface area contributed by atoms with Gasteiger partial charge < -0.3 is 10.6 Å². The zero-order valence-electron chi connectivity index (χ0n) is 11.5. The van der Waals surface area contributed by atoms with Crippen LogP contribution in [0.5, 0.6) is 0 Å². The molecule has 0 radical (unpaired) electrons. The van der Waals surface area contributed by atoms with Crippen molar-refractivity contribution in [3.05, 3.63) is 57.7 Å². The number of nitrogens with one attached hydrogen (secondary N) is 2. The van der Waals surface area contributed by atoms with Gasteiger partial charge in [-0.05, 0) is 78.4 Å². The Morgan fingerprint density at radius 2 is 1.80 bits per heavy atom. The first kappa shape index (κ1) is 14.8. The van der Waals surface area contributed by atoms with Crippen LogP contribution in [0.4, 0.5) is 11.4 Å². The van der Waals surface area contributed by atoms with Crippen molar-refractivity contribution in [1.82, 2.24) is 0 Å². The second-order valence-electron chi connectivity index (χ2n) is 4.73. The van der Waals surface area contributed by atoms with Crippen molar-refractivity contribution >= 4 is 39.9 Å². The summed E-state index contributed by atoms with van der Waals surface area (Å²) in [6.07, 6.45) is 0. The molecular weight excluding hydrogens is 363 g/mol. The summed E-state index contributed by atoms with van der Waals surface area (Å²) >= 11 is 2.25. The maximum absolute atomic E-state index is 12.1. The molecule has 0 bridgehead atoms. The van der Waals surface area contributed by atoms with Gasteiger partial charge in [-0.15, -0.1) is 0 Å². The Bertz CT molecular complexity index is 596. The first-order chi connectivity index (χ1) is 9.54. The molecule has 0 aromatic heterocycles. The number of carbonyl (C=O) groups is 1. The van der Waals surface area contributed by atoms with E-state index in [2.05, 4.69) is 33.2 Å². The number of carbonyl (C=O) groups excluding carboxylic acids is 1.